The van der Waals surface area contributed by atoms with E-state index < -0.39 is 10.0 Å². The molecule has 0 aliphatic heterocycles. The highest BCUT2D eigenvalue weighted by atomic mass is 79.9. The van der Waals surface area contributed by atoms with Gasteiger partial charge in [0, 0.05) is 4.47 Å². The van der Waals surface area contributed by atoms with Gasteiger partial charge in [0.05, 0.1) is 10.0 Å². The van der Waals surface area contributed by atoms with Crippen molar-refractivity contribution in [1.82, 2.24) is 0 Å². The van der Waals surface area contributed by atoms with Gasteiger partial charge < -0.3 is 0 Å². The van der Waals surface area contributed by atoms with Crippen LogP contribution >= 0.6 is 39.1 Å². The molecule has 0 unspecified atom stereocenters. The van der Waals surface area contributed by atoms with Crippen molar-refractivity contribution in [1.29, 1.82) is 0 Å². The summed E-state index contributed by atoms with van der Waals surface area (Å²) in [5.74, 6) is 0. The average molecular weight is 305 g/mol. The van der Waals surface area contributed by atoms with Crippen molar-refractivity contribution in [3.8, 4) is 0 Å². The first kappa shape index (κ1) is 11.3. The highest BCUT2D eigenvalue weighted by Crippen LogP contribution is 2.34. The third-order valence-electron chi connectivity index (χ3n) is 1.31. The summed E-state index contributed by atoms with van der Waals surface area (Å²) in [6.45, 7) is 0. The van der Waals surface area contributed by atoms with Gasteiger partial charge in [0.1, 0.15) is 4.90 Å². The second kappa shape index (κ2) is 3.74. The lowest BCUT2D eigenvalue weighted by Crippen LogP contribution is -2.12. The first-order valence-electron chi connectivity index (χ1n) is 3.00. The van der Waals surface area contributed by atoms with Crippen LogP contribution in [0.15, 0.2) is 21.5 Å². The van der Waals surface area contributed by atoms with Crippen LogP contribution in [0.5, 0.6) is 0 Å². The van der Waals surface area contributed by atoms with Gasteiger partial charge in [-0.15, -0.1) is 0 Å². The quantitative estimate of drug-likeness (QED) is 0.810. The van der Waals surface area contributed by atoms with Crippen molar-refractivity contribution in [2.45, 2.75) is 4.90 Å². The Labute approximate surface area is 94.0 Å². The Kier molecular flexibility index (Phi) is 3.24. The Morgan fingerprint density at radius 2 is 1.77 bits per heavy atom. The molecule has 2 N–H and O–H groups in total. The van der Waals surface area contributed by atoms with Crippen molar-refractivity contribution in [3.63, 3.8) is 0 Å². The molecule has 0 radical (unpaired) electrons. The maximum absolute atomic E-state index is 10.9. The molecule has 0 aromatic heterocycles. The number of benzene rings is 1. The molecular formula is C6H4BrCl2NO2S. The van der Waals surface area contributed by atoms with E-state index in [0.717, 1.165) is 0 Å². The molecule has 3 nitrogen and oxygen atoms in total. The molecule has 1 aromatic rings. The van der Waals surface area contributed by atoms with Crippen LogP contribution < -0.4 is 5.14 Å². The van der Waals surface area contributed by atoms with Crippen LogP contribution in [0.25, 0.3) is 0 Å². The van der Waals surface area contributed by atoms with Crippen LogP contribution in [-0.2, 0) is 10.0 Å². The maximum Gasteiger partial charge on any atom is 0.239 e. The Morgan fingerprint density at radius 1 is 1.23 bits per heavy atom. The van der Waals surface area contributed by atoms with Crippen molar-refractivity contribution in [3.05, 3.63) is 26.7 Å². The fraction of sp³-hybridized carbons (Fsp3) is 0. The first-order valence-corrected chi connectivity index (χ1v) is 6.10. The first-order chi connectivity index (χ1) is 5.84. The summed E-state index contributed by atoms with van der Waals surface area (Å²) in [4.78, 5) is -0.178. The topological polar surface area (TPSA) is 60.2 Å². The van der Waals surface area contributed by atoms with E-state index in [-0.39, 0.29) is 14.9 Å². The van der Waals surface area contributed by atoms with Crippen LogP contribution in [0.2, 0.25) is 10.0 Å². The highest BCUT2D eigenvalue weighted by Gasteiger charge is 2.16. The number of sulfonamides is 1. The molecule has 0 saturated heterocycles. The van der Waals surface area contributed by atoms with Gasteiger partial charge in [0.25, 0.3) is 0 Å². The summed E-state index contributed by atoms with van der Waals surface area (Å²) in [6, 6.07) is 2.75. The summed E-state index contributed by atoms with van der Waals surface area (Å²) < 4.78 is 22.4. The summed E-state index contributed by atoms with van der Waals surface area (Å²) in [7, 11) is -3.81. The minimum Gasteiger partial charge on any atom is -0.225 e. The second-order valence-electron chi connectivity index (χ2n) is 2.22. The molecule has 0 saturated carbocycles. The van der Waals surface area contributed by atoms with E-state index in [1.807, 2.05) is 0 Å². The molecule has 0 atom stereocenters. The lowest BCUT2D eigenvalue weighted by atomic mass is 10.4. The number of nitrogens with two attached hydrogens (primary N) is 1. The Hall–Kier alpha value is 0.190. The van der Waals surface area contributed by atoms with Crippen LogP contribution in [0.1, 0.15) is 0 Å². The van der Waals surface area contributed by atoms with E-state index in [1.165, 1.54) is 12.1 Å². The smallest absolute Gasteiger partial charge is 0.225 e. The zero-order chi connectivity index (χ0) is 10.2. The van der Waals surface area contributed by atoms with E-state index in [0.29, 0.717) is 4.47 Å². The summed E-state index contributed by atoms with van der Waals surface area (Å²) in [5.41, 5.74) is 0. The van der Waals surface area contributed by atoms with Gasteiger partial charge in [0.15, 0.2) is 0 Å². The molecule has 7 heteroatoms. The van der Waals surface area contributed by atoms with Gasteiger partial charge in [-0.25, -0.2) is 13.6 Å². The minimum atomic E-state index is -3.81. The molecule has 0 aliphatic carbocycles. The average Bonchev–Trinajstić information content (AvgIpc) is 1.98. The third kappa shape index (κ3) is 2.35. The van der Waals surface area contributed by atoms with Crippen molar-refractivity contribution < 1.29 is 8.42 Å². The van der Waals surface area contributed by atoms with Crippen molar-refractivity contribution >= 4 is 49.2 Å². The molecule has 1 rings (SSSR count). The zero-order valence-corrected chi connectivity index (χ0v) is 10.0. The number of rotatable bonds is 1. The normalized spacial score (nSPS) is 11.7. The summed E-state index contributed by atoms with van der Waals surface area (Å²) in [6.07, 6.45) is 0. The molecule has 13 heavy (non-hydrogen) atoms. The lowest BCUT2D eigenvalue weighted by molar-refractivity contribution is 0.598. The van der Waals surface area contributed by atoms with Gasteiger partial charge in [-0.2, -0.15) is 0 Å². The lowest BCUT2D eigenvalue weighted by Gasteiger charge is -2.04. The second-order valence-corrected chi connectivity index (χ2v) is 5.36. The predicted molar refractivity (Wildman–Crippen MR) is 55.5 cm³/mol. The standard InChI is InChI=1S/C6H4BrCl2NO2S/c7-3-1-2-4(13(10,11)12)6(9)5(3)8/h1-2H,(H2,10,11,12). The summed E-state index contributed by atoms with van der Waals surface area (Å²) in [5, 5.41) is 4.95. The molecular weight excluding hydrogens is 301 g/mol. The molecule has 0 heterocycles. The van der Waals surface area contributed by atoms with Gasteiger partial charge in [-0.1, -0.05) is 23.2 Å². The Balaban J connectivity index is 3.53. The fourth-order valence-electron chi connectivity index (χ4n) is 0.728. The minimum absolute atomic E-state index is 0.0708. The van der Waals surface area contributed by atoms with Crippen LogP contribution in [0.4, 0.5) is 0 Å². The molecule has 1 aromatic carbocycles. The predicted octanol–water partition coefficient (Wildman–Crippen LogP) is 2.40. The van der Waals surface area contributed by atoms with Gasteiger partial charge >= 0.3 is 0 Å². The molecule has 72 valence electrons. The Morgan fingerprint density at radius 3 is 2.23 bits per heavy atom. The van der Waals surface area contributed by atoms with E-state index in [4.69, 9.17) is 28.3 Å². The number of hydrogen-bond donors (Lipinski definition) is 1. The van der Waals surface area contributed by atoms with Crippen LogP contribution in [0, 0.1) is 0 Å². The highest BCUT2D eigenvalue weighted by molar-refractivity contribution is 9.10. The van der Waals surface area contributed by atoms with Gasteiger partial charge in [-0.05, 0) is 28.1 Å². The largest absolute Gasteiger partial charge is 0.239 e. The van der Waals surface area contributed by atoms with Crippen LogP contribution in [0.3, 0.4) is 0 Å². The van der Waals surface area contributed by atoms with E-state index in [1.54, 1.807) is 0 Å². The SMILES string of the molecule is NS(=O)(=O)c1ccc(Br)c(Cl)c1Cl. The zero-order valence-electron chi connectivity index (χ0n) is 6.09. The van der Waals surface area contributed by atoms with E-state index in [9.17, 15) is 8.42 Å². The van der Waals surface area contributed by atoms with Crippen molar-refractivity contribution in [2.24, 2.45) is 5.14 Å². The fourth-order valence-corrected chi connectivity index (χ4v) is 2.49. The molecule has 0 spiro atoms. The molecule has 0 aliphatic rings. The number of primary sulfonamides is 1. The van der Waals surface area contributed by atoms with Crippen molar-refractivity contribution in [2.75, 3.05) is 0 Å². The number of halogens is 3. The van der Waals surface area contributed by atoms with Gasteiger partial charge in [0.2, 0.25) is 10.0 Å². The van der Waals surface area contributed by atoms with Gasteiger partial charge in [-0.3, -0.25) is 0 Å². The molecule has 0 bridgehead atoms. The van der Waals surface area contributed by atoms with Crippen LogP contribution in [-0.4, -0.2) is 8.42 Å². The third-order valence-corrected chi connectivity index (χ3v) is 4.14. The maximum atomic E-state index is 10.9. The summed E-state index contributed by atoms with van der Waals surface area (Å²) >= 11 is 14.4. The monoisotopic (exact) mass is 303 g/mol. The molecule has 0 fully saturated rings. The Bertz CT molecular complexity index is 446. The van der Waals surface area contributed by atoms with E-state index in [2.05, 4.69) is 15.9 Å². The van der Waals surface area contributed by atoms with E-state index >= 15 is 0 Å². The number of hydrogen-bond acceptors (Lipinski definition) is 2. The molecule has 0 amide bonds.